The molecular weight excluding hydrogens is 412 g/mol. The van der Waals surface area contributed by atoms with E-state index in [1.165, 1.54) is 0 Å². The van der Waals surface area contributed by atoms with Gasteiger partial charge in [-0.3, -0.25) is 4.79 Å². The number of amides is 1. The number of rotatable bonds is 5. The predicted octanol–water partition coefficient (Wildman–Crippen LogP) is 2.90. The van der Waals surface area contributed by atoms with Crippen LogP contribution in [0.2, 0.25) is 0 Å². The highest BCUT2D eigenvalue weighted by atomic mass is 32.2. The molecule has 1 amide bonds. The Bertz CT molecular complexity index is 1090. The van der Waals surface area contributed by atoms with Gasteiger partial charge in [-0.15, -0.1) is 0 Å². The van der Waals surface area contributed by atoms with Crippen molar-refractivity contribution in [2.45, 2.75) is 24.3 Å². The maximum atomic E-state index is 13.9. The number of carbonyl (C=O) groups excluding carboxylic acids is 1. The van der Waals surface area contributed by atoms with Crippen molar-refractivity contribution in [3.05, 3.63) is 65.2 Å². The van der Waals surface area contributed by atoms with Crippen molar-refractivity contribution in [2.75, 3.05) is 20.1 Å². The molecule has 1 aliphatic rings. The average Bonchev–Trinajstić information content (AvgIpc) is 2.75. The van der Waals surface area contributed by atoms with Crippen LogP contribution in [0.1, 0.15) is 24.0 Å². The fourth-order valence-electron chi connectivity index (χ4n) is 3.56. The van der Waals surface area contributed by atoms with Gasteiger partial charge in [0, 0.05) is 32.6 Å². The zero-order valence-corrected chi connectivity index (χ0v) is 17.2. The number of nitriles is 1. The van der Waals surface area contributed by atoms with Gasteiger partial charge < -0.3 is 4.90 Å². The highest BCUT2D eigenvalue weighted by molar-refractivity contribution is 7.89. The zero-order valence-electron chi connectivity index (χ0n) is 16.4. The van der Waals surface area contributed by atoms with Gasteiger partial charge in [0.15, 0.2) is 0 Å². The molecule has 0 aromatic heterocycles. The quantitative estimate of drug-likeness (QED) is 0.726. The first-order valence-corrected chi connectivity index (χ1v) is 10.9. The highest BCUT2D eigenvalue weighted by Gasteiger charge is 2.34. The van der Waals surface area contributed by atoms with Crippen molar-refractivity contribution in [3.8, 4) is 6.07 Å². The molecule has 2 aromatic carbocycles. The molecule has 1 heterocycles. The number of benzene rings is 2. The molecule has 158 valence electrons. The zero-order chi connectivity index (χ0) is 21.9. The van der Waals surface area contributed by atoms with Gasteiger partial charge >= 0.3 is 0 Å². The predicted molar refractivity (Wildman–Crippen MR) is 105 cm³/mol. The summed E-state index contributed by atoms with van der Waals surface area (Å²) in [4.78, 5) is 13.6. The summed E-state index contributed by atoms with van der Waals surface area (Å²) in [5.74, 6) is -2.32. The second-order valence-electron chi connectivity index (χ2n) is 7.26. The van der Waals surface area contributed by atoms with Crippen molar-refractivity contribution in [1.29, 1.82) is 5.26 Å². The summed E-state index contributed by atoms with van der Waals surface area (Å²) in [6.07, 6.45) is 0.579. The number of sulfonamides is 1. The Morgan fingerprint density at radius 1 is 1.20 bits per heavy atom. The molecule has 0 aliphatic carbocycles. The number of hydrogen-bond acceptors (Lipinski definition) is 4. The van der Waals surface area contributed by atoms with E-state index in [9.17, 15) is 22.0 Å². The van der Waals surface area contributed by atoms with Crippen LogP contribution in [0.4, 0.5) is 8.78 Å². The number of hydrogen-bond donors (Lipinski definition) is 0. The summed E-state index contributed by atoms with van der Waals surface area (Å²) >= 11 is 0. The standard InChI is InChI=1S/C21H21F2N3O3S/c1-25(14-16-4-2-3-15(11-16)13-24)21(27)17-7-9-26(10-8-17)30(28,29)20-12-18(22)5-6-19(20)23/h2-6,11-12,17H,7-10,14H2,1H3. The minimum absolute atomic E-state index is 0.0481. The number of carbonyl (C=O) groups is 1. The van der Waals surface area contributed by atoms with Crippen LogP contribution in [-0.4, -0.2) is 43.7 Å². The van der Waals surface area contributed by atoms with Crippen LogP contribution < -0.4 is 0 Å². The molecule has 9 heteroatoms. The first kappa shape index (κ1) is 21.9. The first-order chi connectivity index (χ1) is 14.2. The van der Waals surface area contributed by atoms with Crippen LogP contribution in [0, 0.1) is 28.9 Å². The van der Waals surface area contributed by atoms with Gasteiger partial charge in [-0.2, -0.15) is 9.57 Å². The van der Waals surface area contributed by atoms with E-state index in [1.807, 2.05) is 6.07 Å². The normalized spacial score (nSPS) is 15.5. The second-order valence-corrected chi connectivity index (χ2v) is 9.17. The fourth-order valence-corrected chi connectivity index (χ4v) is 5.11. The molecule has 3 rings (SSSR count). The lowest BCUT2D eigenvalue weighted by Gasteiger charge is -2.32. The third-order valence-electron chi connectivity index (χ3n) is 5.17. The average molecular weight is 433 g/mol. The van der Waals surface area contributed by atoms with E-state index < -0.39 is 26.6 Å². The van der Waals surface area contributed by atoms with Crippen LogP contribution in [0.15, 0.2) is 47.4 Å². The lowest BCUT2D eigenvalue weighted by Crippen LogP contribution is -2.43. The molecule has 0 unspecified atom stereocenters. The largest absolute Gasteiger partial charge is 0.341 e. The van der Waals surface area contributed by atoms with Crippen molar-refractivity contribution in [2.24, 2.45) is 5.92 Å². The van der Waals surface area contributed by atoms with Gasteiger partial charge in [-0.05, 0) is 48.7 Å². The van der Waals surface area contributed by atoms with Crippen molar-refractivity contribution in [3.63, 3.8) is 0 Å². The number of piperidine rings is 1. The minimum atomic E-state index is -4.18. The highest BCUT2D eigenvalue weighted by Crippen LogP contribution is 2.27. The molecule has 1 saturated heterocycles. The molecule has 0 bridgehead atoms. The topological polar surface area (TPSA) is 81.5 Å². The van der Waals surface area contributed by atoms with Gasteiger partial charge in [0.25, 0.3) is 0 Å². The van der Waals surface area contributed by atoms with Crippen LogP contribution in [0.3, 0.4) is 0 Å². The van der Waals surface area contributed by atoms with Crippen molar-refractivity contribution < 1.29 is 22.0 Å². The van der Waals surface area contributed by atoms with Crippen LogP contribution in [0.25, 0.3) is 0 Å². The van der Waals surface area contributed by atoms with Crippen LogP contribution in [0.5, 0.6) is 0 Å². The lowest BCUT2D eigenvalue weighted by atomic mass is 9.96. The Kier molecular flexibility index (Phi) is 6.48. The summed E-state index contributed by atoms with van der Waals surface area (Å²) in [5, 5.41) is 8.99. The number of halogens is 2. The van der Waals surface area contributed by atoms with E-state index in [0.29, 0.717) is 18.2 Å². The smallest absolute Gasteiger partial charge is 0.246 e. The Morgan fingerprint density at radius 3 is 2.57 bits per heavy atom. The molecule has 2 aromatic rings. The molecular formula is C21H21F2N3O3S. The molecule has 0 N–H and O–H groups in total. The van der Waals surface area contributed by atoms with Gasteiger partial charge in [0.1, 0.15) is 16.5 Å². The summed E-state index contributed by atoms with van der Waals surface area (Å²) in [7, 11) is -2.52. The van der Waals surface area contributed by atoms with Crippen molar-refractivity contribution in [1.82, 2.24) is 9.21 Å². The van der Waals surface area contributed by atoms with E-state index in [0.717, 1.165) is 22.0 Å². The first-order valence-electron chi connectivity index (χ1n) is 9.41. The van der Waals surface area contributed by atoms with Gasteiger partial charge in [0.05, 0.1) is 11.6 Å². The van der Waals surface area contributed by atoms with Crippen LogP contribution >= 0.6 is 0 Å². The van der Waals surface area contributed by atoms with Crippen molar-refractivity contribution >= 4 is 15.9 Å². The Labute approximate surface area is 174 Å². The van der Waals surface area contributed by atoms with Crippen LogP contribution in [-0.2, 0) is 21.4 Å². The molecule has 0 saturated carbocycles. The van der Waals surface area contributed by atoms with Gasteiger partial charge in [-0.1, -0.05) is 12.1 Å². The monoisotopic (exact) mass is 433 g/mol. The molecule has 1 fully saturated rings. The van der Waals surface area contributed by atoms with E-state index in [1.54, 1.807) is 30.1 Å². The Morgan fingerprint density at radius 2 is 1.90 bits per heavy atom. The van der Waals surface area contributed by atoms with E-state index in [2.05, 4.69) is 6.07 Å². The maximum absolute atomic E-state index is 13.9. The third-order valence-corrected chi connectivity index (χ3v) is 7.08. The Hall–Kier alpha value is -2.83. The molecule has 0 atom stereocenters. The second kappa shape index (κ2) is 8.90. The van der Waals surface area contributed by atoms with E-state index in [-0.39, 0.29) is 37.8 Å². The Balaban J connectivity index is 1.63. The summed E-state index contributed by atoms with van der Waals surface area (Å²) in [6.45, 7) is 0.431. The number of nitrogens with zero attached hydrogens (tertiary/aromatic N) is 3. The molecule has 1 aliphatic heterocycles. The summed E-state index contributed by atoms with van der Waals surface area (Å²) in [5.41, 5.74) is 1.34. The molecule has 6 nitrogen and oxygen atoms in total. The summed E-state index contributed by atoms with van der Waals surface area (Å²) in [6, 6.07) is 11.4. The minimum Gasteiger partial charge on any atom is -0.341 e. The SMILES string of the molecule is CN(Cc1cccc(C#N)c1)C(=O)C1CCN(S(=O)(=O)c2cc(F)ccc2F)CC1. The maximum Gasteiger partial charge on any atom is 0.246 e. The van der Waals surface area contributed by atoms with Gasteiger partial charge in [-0.25, -0.2) is 17.2 Å². The lowest BCUT2D eigenvalue weighted by molar-refractivity contribution is -0.135. The van der Waals surface area contributed by atoms with E-state index >= 15 is 0 Å². The summed E-state index contributed by atoms with van der Waals surface area (Å²) < 4.78 is 53.8. The molecule has 0 radical (unpaired) electrons. The molecule has 30 heavy (non-hydrogen) atoms. The fraction of sp³-hybridized carbons (Fsp3) is 0.333. The molecule has 0 spiro atoms. The van der Waals surface area contributed by atoms with E-state index in [4.69, 9.17) is 5.26 Å². The third kappa shape index (κ3) is 4.66. The van der Waals surface area contributed by atoms with Gasteiger partial charge in [0.2, 0.25) is 15.9 Å².